The van der Waals surface area contributed by atoms with E-state index in [1.807, 2.05) is 18.2 Å². The molecular formula is C17H20N2O2S. The lowest BCUT2D eigenvalue weighted by Crippen LogP contribution is -2.27. The fraction of sp³-hybridized carbons (Fsp3) is 0.412. The molecule has 0 fully saturated rings. The predicted octanol–water partition coefficient (Wildman–Crippen LogP) is 2.75. The second-order valence-electron chi connectivity index (χ2n) is 4.59. The Morgan fingerprint density at radius 3 is 2.86 bits per heavy atom. The van der Waals surface area contributed by atoms with Crippen molar-refractivity contribution in [2.75, 3.05) is 25.9 Å². The monoisotopic (exact) mass is 322 g/mol. The predicted molar refractivity (Wildman–Crippen MR) is 88.2 cm³/mol. The average molecular weight is 322 g/mol. The standard InChI is InChI=1S/C17H20N2O2S/c1-3-21-17(20)15(12-18)16(22-2)19-10-8-13-6-4-5-7-14(13)9-11-19/h4-7H,3,8-11H2,1-2H3/i8T2,10T. The molecule has 2 rings (SSSR count). The molecule has 0 radical (unpaired) electrons. The van der Waals surface area contributed by atoms with Crippen LogP contribution in [0, 0.1) is 11.3 Å². The van der Waals surface area contributed by atoms with Crippen LogP contribution in [0.3, 0.4) is 0 Å². The zero-order valence-corrected chi connectivity index (χ0v) is 13.4. The van der Waals surface area contributed by atoms with Crippen molar-refractivity contribution in [3.8, 4) is 6.07 Å². The van der Waals surface area contributed by atoms with Gasteiger partial charge in [0.15, 0.2) is 5.57 Å². The van der Waals surface area contributed by atoms with Gasteiger partial charge in [-0.25, -0.2) is 4.79 Å². The van der Waals surface area contributed by atoms with Crippen LogP contribution >= 0.6 is 11.8 Å². The largest absolute Gasteiger partial charge is 0.462 e. The van der Waals surface area contributed by atoms with Crippen LogP contribution in [0.4, 0.5) is 0 Å². The second-order valence-corrected chi connectivity index (χ2v) is 5.39. The summed E-state index contributed by atoms with van der Waals surface area (Å²) in [5.41, 5.74) is 1.13. The first-order chi connectivity index (χ1) is 11.9. The molecule has 0 bridgehead atoms. The van der Waals surface area contributed by atoms with Crippen LogP contribution in [0.25, 0.3) is 0 Å². The molecule has 116 valence electrons. The van der Waals surface area contributed by atoms with Crippen molar-refractivity contribution in [2.45, 2.75) is 19.7 Å². The van der Waals surface area contributed by atoms with Gasteiger partial charge in [-0.3, -0.25) is 0 Å². The number of ether oxygens (including phenoxy) is 1. The first-order valence-corrected chi connectivity index (χ1v) is 8.23. The van der Waals surface area contributed by atoms with Crippen LogP contribution in [0.1, 0.15) is 22.2 Å². The molecule has 1 heterocycles. The number of fused-ring (bicyclic) bond motifs is 1. The van der Waals surface area contributed by atoms with E-state index in [0.29, 0.717) is 18.5 Å². The highest BCUT2D eigenvalue weighted by atomic mass is 32.2. The molecule has 0 aromatic heterocycles. The summed E-state index contributed by atoms with van der Waals surface area (Å²) in [5.74, 6) is -0.746. The fourth-order valence-corrected chi connectivity index (χ4v) is 2.95. The van der Waals surface area contributed by atoms with Crippen LogP contribution in [0.5, 0.6) is 0 Å². The van der Waals surface area contributed by atoms with Gasteiger partial charge in [0.25, 0.3) is 0 Å². The molecule has 0 amide bonds. The molecule has 1 aromatic carbocycles. The second kappa shape index (κ2) is 7.90. The molecule has 4 nitrogen and oxygen atoms in total. The van der Waals surface area contributed by atoms with Crippen molar-refractivity contribution >= 4 is 17.7 Å². The Kier molecular flexibility index (Phi) is 4.53. The number of aryl methyl sites for hydroxylation is 1. The maximum absolute atomic E-state index is 12.1. The van der Waals surface area contributed by atoms with Crippen LogP contribution in [-0.2, 0) is 22.3 Å². The van der Waals surface area contributed by atoms with E-state index in [9.17, 15) is 10.1 Å². The molecule has 5 heteroatoms. The Hall–Kier alpha value is -1.93. The summed E-state index contributed by atoms with van der Waals surface area (Å²) in [5, 5.41) is 9.69. The van der Waals surface area contributed by atoms with Gasteiger partial charge in [-0.2, -0.15) is 5.26 Å². The maximum Gasteiger partial charge on any atom is 0.351 e. The van der Waals surface area contributed by atoms with Crippen molar-refractivity contribution in [2.24, 2.45) is 0 Å². The zero-order chi connectivity index (χ0) is 18.6. The molecule has 1 atom stereocenters. The maximum atomic E-state index is 12.1. The number of carbonyl (C=O) groups is 1. The lowest BCUT2D eigenvalue weighted by molar-refractivity contribution is -0.138. The Labute approximate surface area is 140 Å². The average Bonchev–Trinajstić information content (AvgIpc) is 2.69. The van der Waals surface area contributed by atoms with Gasteiger partial charge in [-0.1, -0.05) is 24.3 Å². The van der Waals surface area contributed by atoms with Gasteiger partial charge in [-0.15, -0.1) is 11.8 Å². The molecule has 1 aliphatic heterocycles. The third-order valence-corrected chi connectivity index (χ3v) is 4.10. The van der Waals surface area contributed by atoms with Crippen molar-refractivity contribution < 1.29 is 13.6 Å². The number of hydrogen-bond donors (Lipinski definition) is 0. The van der Waals surface area contributed by atoms with Gasteiger partial charge < -0.3 is 9.64 Å². The Morgan fingerprint density at radius 2 is 2.23 bits per heavy atom. The van der Waals surface area contributed by atoms with E-state index in [-0.39, 0.29) is 17.2 Å². The number of nitrogens with zero attached hydrogens (tertiary/aromatic N) is 2. The number of esters is 1. The van der Waals surface area contributed by atoms with E-state index in [1.165, 1.54) is 4.90 Å². The molecule has 0 N–H and O–H groups in total. The highest BCUT2D eigenvalue weighted by Crippen LogP contribution is 2.26. The van der Waals surface area contributed by atoms with Crippen LogP contribution in [0.15, 0.2) is 34.9 Å². The Bertz CT molecular complexity index is 731. The molecule has 22 heavy (non-hydrogen) atoms. The van der Waals surface area contributed by atoms with Gasteiger partial charge in [0.05, 0.1) is 11.6 Å². The van der Waals surface area contributed by atoms with Crippen LogP contribution < -0.4 is 0 Å². The van der Waals surface area contributed by atoms with Crippen molar-refractivity contribution in [3.05, 3.63) is 46.0 Å². The van der Waals surface area contributed by atoms with E-state index in [1.54, 1.807) is 25.3 Å². The first kappa shape index (κ1) is 12.6. The summed E-state index contributed by atoms with van der Waals surface area (Å²) in [6, 6.07) is 9.00. The minimum Gasteiger partial charge on any atom is -0.462 e. The molecule has 0 aliphatic carbocycles. The number of carbonyl (C=O) groups excluding carboxylic acids is 1. The third kappa shape index (κ3) is 3.63. The Balaban J connectivity index is 2.52. The summed E-state index contributed by atoms with van der Waals surface area (Å²) < 4.78 is 30.3. The number of nitriles is 1. The third-order valence-electron chi connectivity index (χ3n) is 3.27. The van der Waals surface area contributed by atoms with Gasteiger partial charge in [0, 0.05) is 17.2 Å². The number of rotatable bonds is 4. The number of hydrogen-bond acceptors (Lipinski definition) is 5. The summed E-state index contributed by atoms with van der Waals surface area (Å²) in [7, 11) is 0. The molecule has 0 saturated carbocycles. The van der Waals surface area contributed by atoms with Crippen molar-refractivity contribution in [1.29, 1.82) is 5.26 Å². The highest BCUT2D eigenvalue weighted by molar-refractivity contribution is 8.02. The molecular weight excluding hydrogens is 296 g/mol. The van der Waals surface area contributed by atoms with Crippen molar-refractivity contribution in [3.63, 3.8) is 0 Å². The molecule has 1 unspecified atom stereocenters. The Morgan fingerprint density at radius 1 is 1.50 bits per heavy atom. The van der Waals surface area contributed by atoms with E-state index in [2.05, 4.69) is 0 Å². The van der Waals surface area contributed by atoms with Crippen LogP contribution in [-0.4, -0.2) is 36.8 Å². The smallest absolute Gasteiger partial charge is 0.351 e. The summed E-state index contributed by atoms with van der Waals surface area (Å²) in [6.07, 6.45) is 0.284. The summed E-state index contributed by atoms with van der Waals surface area (Å²) >= 11 is 1.15. The summed E-state index contributed by atoms with van der Waals surface area (Å²) in [6.45, 7) is 0.852. The topological polar surface area (TPSA) is 53.3 Å². The summed E-state index contributed by atoms with van der Waals surface area (Å²) in [4.78, 5) is 13.6. The molecule has 0 saturated heterocycles. The van der Waals surface area contributed by atoms with Gasteiger partial charge in [-0.05, 0) is 37.1 Å². The lowest BCUT2D eigenvalue weighted by Gasteiger charge is -2.25. The minimum absolute atomic E-state index is 0.141. The fourth-order valence-electron chi connectivity index (χ4n) is 2.24. The molecule has 0 spiro atoms. The SMILES string of the molecule is [3H]C1N(C(SC)=C(C#N)C(=O)OCC)CCc2ccccc2C1([3H])[3H]. The number of benzene rings is 1. The van der Waals surface area contributed by atoms with E-state index >= 15 is 0 Å². The normalized spacial score (nSPS) is 22.9. The van der Waals surface area contributed by atoms with Crippen LogP contribution in [0.2, 0.25) is 0 Å². The van der Waals surface area contributed by atoms with Gasteiger partial charge in [0.1, 0.15) is 6.07 Å². The van der Waals surface area contributed by atoms with Gasteiger partial charge in [0.2, 0.25) is 0 Å². The zero-order valence-electron chi connectivity index (χ0n) is 15.6. The van der Waals surface area contributed by atoms with E-state index in [4.69, 9.17) is 8.85 Å². The minimum atomic E-state index is -1.94. The number of thioether (sulfide) groups is 1. The van der Waals surface area contributed by atoms with E-state index < -0.39 is 18.9 Å². The molecule has 1 aliphatic rings. The quantitative estimate of drug-likeness (QED) is 0.485. The highest BCUT2D eigenvalue weighted by Gasteiger charge is 2.23. The van der Waals surface area contributed by atoms with Gasteiger partial charge >= 0.3 is 5.97 Å². The van der Waals surface area contributed by atoms with Crippen molar-refractivity contribution in [1.82, 2.24) is 4.90 Å². The first-order valence-electron chi connectivity index (χ1n) is 8.58. The van der Waals surface area contributed by atoms with E-state index in [0.717, 1.165) is 17.3 Å². The molecule has 1 aromatic rings. The lowest BCUT2D eigenvalue weighted by atomic mass is 10.0.